The fourth-order valence-corrected chi connectivity index (χ4v) is 2.19. The highest BCUT2D eigenvalue weighted by Gasteiger charge is 2.03. The minimum absolute atomic E-state index is 0.172. The van der Waals surface area contributed by atoms with Crippen molar-refractivity contribution in [2.75, 3.05) is 12.8 Å². The van der Waals surface area contributed by atoms with Crippen molar-refractivity contribution in [1.29, 1.82) is 5.26 Å². The van der Waals surface area contributed by atoms with E-state index in [0.717, 1.165) is 11.3 Å². The van der Waals surface area contributed by atoms with Crippen molar-refractivity contribution in [3.8, 4) is 17.5 Å². The zero-order valence-electron chi connectivity index (χ0n) is 12.1. The molecule has 0 unspecified atom stereocenters. The summed E-state index contributed by atoms with van der Waals surface area (Å²) in [4.78, 5) is 16.1. The Morgan fingerprint density at radius 3 is 2.82 bits per heavy atom. The third-order valence-electron chi connectivity index (χ3n) is 2.86. The topological polar surface area (TPSA) is 83.1 Å². The van der Waals surface area contributed by atoms with Crippen molar-refractivity contribution in [3.63, 3.8) is 0 Å². The molecule has 2 aromatic rings. The predicted octanol–water partition coefficient (Wildman–Crippen LogP) is 1.70. The number of hydrogen-bond donors (Lipinski definition) is 1. The highest BCUT2D eigenvalue weighted by molar-refractivity contribution is 8.13. The molecule has 6 nitrogen and oxygen atoms in total. The molecule has 0 spiro atoms. The lowest BCUT2D eigenvalue weighted by Crippen LogP contribution is -2.24. The number of hydrogen-bond acceptors (Lipinski definition) is 5. The van der Waals surface area contributed by atoms with E-state index in [1.165, 1.54) is 22.5 Å². The second-order valence-corrected chi connectivity index (χ2v) is 5.07. The van der Waals surface area contributed by atoms with Gasteiger partial charge in [-0.1, -0.05) is 42.1 Å². The summed E-state index contributed by atoms with van der Waals surface area (Å²) in [5.41, 5.74) is 1.52. The molecule has 7 heteroatoms. The van der Waals surface area contributed by atoms with Crippen molar-refractivity contribution in [2.24, 2.45) is 4.99 Å². The number of aliphatic imine (C=N–C) groups is 1. The molecule has 1 N–H and O–H groups in total. The highest BCUT2D eigenvalue weighted by atomic mass is 32.2. The number of rotatable bonds is 4. The predicted molar refractivity (Wildman–Crippen MR) is 88.5 cm³/mol. The molecule has 0 aliphatic heterocycles. The molecule has 0 aliphatic carbocycles. The van der Waals surface area contributed by atoms with E-state index in [0.29, 0.717) is 18.3 Å². The van der Waals surface area contributed by atoms with Gasteiger partial charge in [0.05, 0.1) is 18.8 Å². The maximum atomic E-state index is 11.9. The minimum atomic E-state index is -0.172. The van der Waals surface area contributed by atoms with E-state index in [-0.39, 0.29) is 5.56 Å². The smallest absolute Gasteiger partial charge is 0.266 e. The Kier molecular flexibility index (Phi) is 5.74. The number of amidine groups is 1. The summed E-state index contributed by atoms with van der Waals surface area (Å²) in [6.45, 7) is 0.729. The summed E-state index contributed by atoms with van der Waals surface area (Å²) >= 11 is 1.34. The second kappa shape index (κ2) is 8.00. The number of thioether (sulfide) groups is 1. The number of nitriles is 1. The van der Waals surface area contributed by atoms with Crippen LogP contribution in [0.25, 0.3) is 11.3 Å². The fourth-order valence-electron chi connectivity index (χ4n) is 1.82. The van der Waals surface area contributed by atoms with Gasteiger partial charge in [0.1, 0.15) is 0 Å². The van der Waals surface area contributed by atoms with Crippen molar-refractivity contribution in [3.05, 3.63) is 52.8 Å². The van der Waals surface area contributed by atoms with Crippen molar-refractivity contribution >= 4 is 16.9 Å². The molecule has 0 saturated carbocycles. The second-order valence-electron chi connectivity index (χ2n) is 4.27. The molecule has 0 atom stereocenters. The van der Waals surface area contributed by atoms with Gasteiger partial charge in [-0.05, 0) is 12.3 Å². The largest absolute Gasteiger partial charge is 0.272 e. The first-order valence-electron chi connectivity index (χ1n) is 6.61. The average molecular weight is 313 g/mol. The van der Waals surface area contributed by atoms with Gasteiger partial charge in [0.15, 0.2) is 11.4 Å². The lowest BCUT2D eigenvalue weighted by Gasteiger charge is -2.06. The molecule has 1 aromatic heterocycles. The molecule has 1 aromatic carbocycles. The normalized spacial score (nSPS) is 11.0. The molecule has 0 saturated heterocycles. The van der Waals surface area contributed by atoms with Gasteiger partial charge in [-0.2, -0.15) is 10.4 Å². The van der Waals surface area contributed by atoms with Crippen LogP contribution in [0.5, 0.6) is 0 Å². The zero-order chi connectivity index (χ0) is 15.8. The summed E-state index contributed by atoms with van der Waals surface area (Å²) in [5.74, 6) is 0. The van der Waals surface area contributed by atoms with Gasteiger partial charge in [-0.15, -0.1) is 0 Å². The third kappa shape index (κ3) is 4.20. The number of nitrogens with one attached hydrogen (secondary N) is 1. The molecule has 22 heavy (non-hydrogen) atoms. The number of aromatic nitrogens is 2. The van der Waals surface area contributed by atoms with Crippen LogP contribution in [0.15, 0.2) is 52.3 Å². The number of nitrogens with zero attached hydrogens (tertiary/aromatic N) is 4. The molecule has 0 radical (unpaired) electrons. The monoisotopic (exact) mass is 313 g/mol. The van der Waals surface area contributed by atoms with Crippen molar-refractivity contribution in [1.82, 2.24) is 15.1 Å². The summed E-state index contributed by atoms with van der Waals surface area (Å²) in [6.07, 6.45) is 3.65. The Labute approximate surface area is 132 Å². The van der Waals surface area contributed by atoms with Crippen LogP contribution < -0.4 is 10.9 Å². The first kappa shape index (κ1) is 15.8. The van der Waals surface area contributed by atoms with Crippen LogP contribution in [-0.4, -0.2) is 27.7 Å². The Morgan fingerprint density at radius 1 is 1.36 bits per heavy atom. The van der Waals surface area contributed by atoms with E-state index < -0.39 is 0 Å². The quantitative estimate of drug-likeness (QED) is 0.402. The summed E-state index contributed by atoms with van der Waals surface area (Å²) in [5, 5.41) is 15.9. The maximum absolute atomic E-state index is 11.9. The van der Waals surface area contributed by atoms with Gasteiger partial charge in [0.25, 0.3) is 5.56 Å². The van der Waals surface area contributed by atoms with E-state index in [9.17, 15) is 4.79 Å². The van der Waals surface area contributed by atoms with Gasteiger partial charge >= 0.3 is 0 Å². The Hall–Kier alpha value is -2.59. The Morgan fingerprint density at radius 2 is 2.14 bits per heavy atom. The molecule has 0 amide bonds. The average Bonchev–Trinajstić information content (AvgIpc) is 2.56. The molecule has 0 aliphatic rings. The summed E-state index contributed by atoms with van der Waals surface area (Å²) < 4.78 is 1.39. The van der Waals surface area contributed by atoms with Crippen LogP contribution in [0.2, 0.25) is 0 Å². The summed E-state index contributed by atoms with van der Waals surface area (Å²) in [7, 11) is 0. The molecule has 112 valence electrons. The van der Waals surface area contributed by atoms with Gasteiger partial charge in [0, 0.05) is 11.6 Å². The van der Waals surface area contributed by atoms with Crippen LogP contribution in [0.4, 0.5) is 0 Å². The highest BCUT2D eigenvalue weighted by Crippen LogP contribution is 2.13. The van der Waals surface area contributed by atoms with Crippen LogP contribution in [0, 0.1) is 11.5 Å². The van der Waals surface area contributed by atoms with Gasteiger partial charge in [0.2, 0.25) is 0 Å². The molecule has 2 rings (SSSR count). The minimum Gasteiger partial charge on any atom is -0.272 e. The van der Waals surface area contributed by atoms with Crippen molar-refractivity contribution in [2.45, 2.75) is 6.54 Å². The molecular formula is C15H15N5OS. The zero-order valence-corrected chi connectivity index (χ0v) is 12.9. The first-order chi connectivity index (χ1) is 10.7. The standard InChI is InChI=1S/C15H15N5OS/c1-22-15(18-11-16)17-9-10-20-14(21)8-7-13(19-20)12-5-3-2-4-6-12/h2-8H,9-10H2,1H3,(H,17,18). The molecular weight excluding hydrogens is 298 g/mol. The lowest BCUT2D eigenvalue weighted by molar-refractivity contribution is 0.591. The number of benzene rings is 1. The van der Waals surface area contributed by atoms with Crippen LogP contribution in [0.3, 0.4) is 0 Å². The van der Waals surface area contributed by atoms with E-state index in [2.05, 4.69) is 15.4 Å². The van der Waals surface area contributed by atoms with E-state index in [1.54, 1.807) is 6.07 Å². The lowest BCUT2D eigenvalue weighted by atomic mass is 10.1. The Balaban J connectivity index is 2.15. The van der Waals surface area contributed by atoms with E-state index >= 15 is 0 Å². The van der Waals surface area contributed by atoms with Crippen LogP contribution in [-0.2, 0) is 6.54 Å². The van der Waals surface area contributed by atoms with E-state index in [4.69, 9.17) is 5.26 Å². The first-order valence-corrected chi connectivity index (χ1v) is 7.84. The third-order valence-corrected chi connectivity index (χ3v) is 3.48. The van der Waals surface area contributed by atoms with Crippen LogP contribution in [0.1, 0.15) is 0 Å². The van der Waals surface area contributed by atoms with Gasteiger partial charge in [-0.3, -0.25) is 15.1 Å². The molecule has 1 heterocycles. The fraction of sp³-hybridized carbons (Fsp3) is 0.200. The molecule has 0 fully saturated rings. The van der Waals surface area contributed by atoms with Crippen LogP contribution >= 0.6 is 11.8 Å². The van der Waals surface area contributed by atoms with Gasteiger partial charge in [-0.25, -0.2) is 4.68 Å². The Bertz CT molecular complexity index is 749. The SMILES string of the molecule is CSC(=NCCn1nc(-c2ccccc2)ccc1=O)NC#N. The van der Waals surface area contributed by atoms with Gasteiger partial charge < -0.3 is 0 Å². The maximum Gasteiger partial charge on any atom is 0.266 e. The van der Waals surface area contributed by atoms with Crippen molar-refractivity contribution < 1.29 is 0 Å². The summed E-state index contributed by atoms with van der Waals surface area (Å²) in [6, 6.07) is 12.9. The molecule has 0 bridgehead atoms. The van der Waals surface area contributed by atoms with E-state index in [1.807, 2.05) is 42.8 Å².